The predicted molar refractivity (Wildman–Crippen MR) is 74.3 cm³/mol. The number of hydrogen-bond acceptors (Lipinski definition) is 4. The van der Waals surface area contributed by atoms with Gasteiger partial charge in [-0.15, -0.1) is 11.8 Å². The normalized spacial score (nSPS) is 40.0. The van der Waals surface area contributed by atoms with E-state index in [-0.39, 0.29) is 5.91 Å². The predicted octanol–water partition coefficient (Wildman–Crippen LogP) is 2.35. The lowest BCUT2D eigenvalue weighted by Crippen LogP contribution is -2.50. The summed E-state index contributed by atoms with van der Waals surface area (Å²) in [5, 5.41) is 3.59. The second-order valence-corrected chi connectivity index (χ2v) is 6.73. The molecule has 3 nitrogen and oxygen atoms in total. The van der Waals surface area contributed by atoms with Crippen LogP contribution in [0.1, 0.15) is 19.3 Å². The third-order valence-electron chi connectivity index (χ3n) is 3.98. The molecule has 17 heavy (non-hydrogen) atoms. The molecule has 0 bridgehead atoms. The van der Waals surface area contributed by atoms with Crippen LogP contribution >= 0.6 is 23.5 Å². The van der Waals surface area contributed by atoms with E-state index < -0.39 is 5.54 Å². The molecule has 1 saturated carbocycles. The highest BCUT2D eigenvalue weighted by molar-refractivity contribution is 8.13. The van der Waals surface area contributed by atoms with E-state index in [9.17, 15) is 4.79 Å². The minimum absolute atomic E-state index is 0.198. The lowest BCUT2D eigenvalue weighted by atomic mass is 9.72. The number of rotatable bonds is 0. The van der Waals surface area contributed by atoms with Gasteiger partial charge in [0.2, 0.25) is 0 Å². The molecular formula is C12H16N2OS2. The van der Waals surface area contributed by atoms with Gasteiger partial charge in [-0.3, -0.25) is 9.69 Å². The molecule has 1 fully saturated rings. The topological polar surface area (TPSA) is 32.7 Å². The Labute approximate surface area is 110 Å². The third kappa shape index (κ3) is 1.51. The Morgan fingerprint density at radius 2 is 2.47 bits per heavy atom. The van der Waals surface area contributed by atoms with Crippen molar-refractivity contribution >= 4 is 34.6 Å². The highest BCUT2D eigenvalue weighted by atomic mass is 32.2. The summed E-state index contributed by atoms with van der Waals surface area (Å²) in [4.78, 5) is 19.1. The highest BCUT2D eigenvalue weighted by Crippen LogP contribution is 2.50. The quantitative estimate of drug-likeness (QED) is 0.676. The summed E-state index contributed by atoms with van der Waals surface area (Å²) in [6.45, 7) is 0. The first-order valence-corrected chi connectivity index (χ1v) is 8.10. The molecule has 0 N–H and O–H groups in total. The van der Waals surface area contributed by atoms with Crippen LogP contribution in [0.25, 0.3) is 0 Å². The number of hydrogen-bond donors (Lipinski definition) is 0. The molecule has 3 aliphatic rings. The molecule has 2 heterocycles. The first-order chi connectivity index (χ1) is 8.19. The minimum atomic E-state index is -0.476. The summed E-state index contributed by atoms with van der Waals surface area (Å²) in [7, 11) is 1.85. The number of aliphatic imine (C=N–C) groups is 1. The van der Waals surface area contributed by atoms with Crippen LogP contribution < -0.4 is 0 Å². The van der Waals surface area contributed by atoms with Crippen molar-refractivity contribution < 1.29 is 4.79 Å². The van der Waals surface area contributed by atoms with Crippen LogP contribution in [-0.2, 0) is 4.79 Å². The van der Waals surface area contributed by atoms with Crippen LogP contribution in [0.4, 0.5) is 0 Å². The van der Waals surface area contributed by atoms with Gasteiger partial charge in [-0.25, -0.2) is 4.99 Å². The van der Waals surface area contributed by atoms with E-state index >= 15 is 0 Å². The number of amides is 1. The van der Waals surface area contributed by atoms with E-state index in [1.807, 2.05) is 25.1 Å². The number of likely N-dealkylation sites (N-methyl/N-ethyl adjacent to an activating group) is 1. The van der Waals surface area contributed by atoms with Crippen LogP contribution in [0.5, 0.6) is 0 Å². The Balaban J connectivity index is 2.02. The molecule has 3 unspecified atom stereocenters. The van der Waals surface area contributed by atoms with E-state index in [1.54, 1.807) is 16.7 Å². The van der Waals surface area contributed by atoms with Crippen molar-refractivity contribution in [3.63, 3.8) is 0 Å². The zero-order valence-electron chi connectivity index (χ0n) is 10.0. The smallest absolute Gasteiger partial charge is 0.256 e. The van der Waals surface area contributed by atoms with E-state index in [0.717, 1.165) is 18.0 Å². The van der Waals surface area contributed by atoms with Crippen LogP contribution in [0.3, 0.4) is 0 Å². The SMILES string of the molecule is CSC1=NC2(CCCC3SC=CC32)C(=O)N1C. The van der Waals surface area contributed by atoms with Crippen molar-refractivity contribution in [3.05, 3.63) is 11.5 Å². The number of carbonyl (C=O) groups is 1. The monoisotopic (exact) mass is 268 g/mol. The van der Waals surface area contributed by atoms with Gasteiger partial charge in [0.05, 0.1) is 0 Å². The molecule has 3 atom stereocenters. The fourth-order valence-corrected chi connectivity index (χ4v) is 4.99. The number of carbonyl (C=O) groups excluding carboxylic acids is 1. The molecule has 92 valence electrons. The van der Waals surface area contributed by atoms with Crippen LogP contribution in [0.15, 0.2) is 16.5 Å². The number of fused-ring (bicyclic) bond motifs is 2. The summed E-state index contributed by atoms with van der Waals surface area (Å²) in [5.41, 5.74) is -0.476. The molecule has 5 heteroatoms. The molecule has 2 aliphatic heterocycles. The fraction of sp³-hybridized carbons (Fsp3) is 0.667. The minimum Gasteiger partial charge on any atom is -0.293 e. The Kier molecular flexibility index (Phi) is 2.78. The maximum atomic E-state index is 12.5. The Hall–Kier alpha value is -0.420. The molecule has 0 radical (unpaired) electrons. The number of thioether (sulfide) groups is 2. The van der Waals surface area contributed by atoms with Gasteiger partial charge in [0, 0.05) is 18.2 Å². The third-order valence-corrected chi connectivity index (χ3v) is 5.90. The van der Waals surface area contributed by atoms with Crippen LogP contribution in [0.2, 0.25) is 0 Å². The van der Waals surface area contributed by atoms with Gasteiger partial charge in [0.1, 0.15) is 5.54 Å². The van der Waals surface area contributed by atoms with E-state index in [0.29, 0.717) is 11.2 Å². The van der Waals surface area contributed by atoms with Gasteiger partial charge in [0.25, 0.3) is 5.91 Å². The van der Waals surface area contributed by atoms with Gasteiger partial charge in [-0.1, -0.05) is 17.8 Å². The van der Waals surface area contributed by atoms with Crippen molar-refractivity contribution in [2.75, 3.05) is 13.3 Å². The van der Waals surface area contributed by atoms with Crippen molar-refractivity contribution in [3.8, 4) is 0 Å². The molecule has 0 saturated heterocycles. The molecule has 0 aromatic carbocycles. The Bertz CT molecular complexity index is 421. The van der Waals surface area contributed by atoms with Crippen LogP contribution in [-0.4, -0.2) is 40.1 Å². The zero-order chi connectivity index (χ0) is 12.0. The summed E-state index contributed by atoms with van der Waals surface area (Å²) < 4.78 is 0. The molecule has 1 spiro atoms. The second kappa shape index (κ2) is 4.05. The van der Waals surface area contributed by atoms with Crippen molar-refractivity contribution in [2.24, 2.45) is 10.9 Å². The standard InChI is InChI=1S/C12H16N2OS2/c1-14-10(15)12(13-11(14)16-2)6-3-4-9-8(12)5-7-17-9/h5,7-9H,3-4,6H2,1-2H3. The lowest BCUT2D eigenvalue weighted by molar-refractivity contribution is -0.132. The summed E-state index contributed by atoms with van der Waals surface area (Å²) in [6.07, 6.45) is 7.42. The molecule has 3 rings (SSSR count). The second-order valence-electron chi connectivity index (χ2n) is 4.81. The zero-order valence-corrected chi connectivity index (χ0v) is 11.7. The number of amidine groups is 1. The van der Waals surface area contributed by atoms with Crippen molar-refractivity contribution in [2.45, 2.75) is 30.1 Å². The molecular weight excluding hydrogens is 252 g/mol. The fourth-order valence-electron chi connectivity index (χ4n) is 3.13. The lowest BCUT2D eigenvalue weighted by Gasteiger charge is -2.38. The number of nitrogens with zero attached hydrogens (tertiary/aromatic N) is 2. The summed E-state index contributed by atoms with van der Waals surface area (Å²) >= 11 is 3.44. The Morgan fingerprint density at radius 3 is 3.18 bits per heavy atom. The average molecular weight is 268 g/mol. The molecule has 1 aliphatic carbocycles. The average Bonchev–Trinajstić information content (AvgIpc) is 2.90. The molecule has 0 aromatic heterocycles. The molecule has 1 amide bonds. The highest BCUT2D eigenvalue weighted by Gasteiger charge is 2.56. The van der Waals surface area contributed by atoms with Crippen molar-refractivity contribution in [1.82, 2.24) is 4.90 Å². The molecule has 0 aromatic rings. The van der Waals surface area contributed by atoms with E-state index in [4.69, 9.17) is 4.99 Å². The first-order valence-electron chi connectivity index (χ1n) is 5.93. The maximum Gasteiger partial charge on any atom is 0.256 e. The van der Waals surface area contributed by atoms with Gasteiger partial charge in [0.15, 0.2) is 5.17 Å². The summed E-state index contributed by atoms with van der Waals surface area (Å²) in [5.74, 6) is 0.504. The first kappa shape index (κ1) is 11.7. The van der Waals surface area contributed by atoms with Gasteiger partial charge in [-0.05, 0) is 30.9 Å². The maximum absolute atomic E-state index is 12.5. The van der Waals surface area contributed by atoms with Crippen molar-refractivity contribution in [1.29, 1.82) is 0 Å². The van der Waals surface area contributed by atoms with E-state index in [2.05, 4.69) is 11.5 Å². The van der Waals surface area contributed by atoms with Gasteiger partial charge in [-0.2, -0.15) is 0 Å². The summed E-state index contributed by atoms with van der Waals surface area (Å²) in [6, 6.07) is 0. The Morgan fingerprint density at radius 1 is 1.65 bits per heavy atom. The largest absolute Gasteiger partial charge is 0.293 e. The van der Waals surface area contributed by atoms with E-state index in [1.165, 1.54) is 6.42 Å². The van der Waals surface area contributed by atoms with Gasteiger partial charge < -0.3 is 0 Å². The van der Waals surface area contributed by atoms with Crippen LogP contribution in [0, 0.1) is 5.92 Å². The van der Waals surface area contributed by atoms with Gasteiger partial charge >= 0.3 is 0 Å².